The van der Waals surface area contributed by atoms with Crippen molar-refractivity contribution < 1.29 is 9.72 Å². The quantitative estimate of drug-likeness (QED) is 0.465. The van der Waals surface area contributed by atoms with Crippen LogP contribution in [0.1, 0.15) is 16.1 Å². The zero-order chi connectivity index (χ0) is 12.4. The van der Waals surface area contributed by atoms with Gasteiger partial charge in [0.05, 0.1) is 4.92 Å². The number of nitro groups is 1. The molecule has 0 bridgehead atoms. The Morgan fingerprint density at radius 3 is 2.59 bits per heavy atom. The van der Waals surface area contributed by atoms with Crippen molar-refractivity contribution in [2.45, 2.75) is 0 Å². The van der Waals surface area contributed by atoms with Crippen LogP contribution in [0.2, 0.25) is 0 Å². The predicted molar refractivity (Wildman–Crippen MR) is 57.9 cm³/mol. The fraction of sp³-hybridized carbons (Fsp3) is 0. The van der Waals surface area contributed by atoms with E-state index in [9.17, 15) is 19.7 Å². The van der Waals surface area contributed by atoms with Gasteiger partial charge < -0.3 is 9.97 Å². The van der Waals surface area contributed by atoms with E-state index in [0.29, 0.717) is 0 Å². The Morgan fingerprint density at radius 1 is 1.29 bits per heavy atom. The molecule has 0 saturated heterocycles. The highest BCUT2D eigenvalue weighted by molar-refractivity contribution is 6.10. The number of hydrogen-bond acceptors (Lipinski definition) is 4. The van der Waals surface area contributed by atoms with Crippen molar-refractivity contribution in [3.63, 3.8) is 0 Å². The van der Waals surface area contributed by atoms with Crippen molar-refractivity contribution in [1.82, 2.24) is 9.97 Å². The highest BCUT2D eigenvalue weighted by Crippen LogP contribution is 2.19. The number of rotatable bonds is 3. The third-order valence-corrected chi connectivity index (χ3v) is 2.19. The van der Waals surface area contributed by atoms with E-state index in [1.807, 2.05) is 0 Å². The van der Waals surface area contributed by atoms with Crippen LogP contribution in [0.4, 0.5) is 5.69 Å². The van der Waals surface area contributed by atoms with Crippen molar-refractivity contribution >= 4 is 11.5 Å². The predicted octanol–water partition coefficient (Wildman–Crippen LogP) is 0.842. The maximum absolute atomic E-state index is 11.9. The second kappa shape index (κ2) is 4.05. The van der Waals surface area contributed by atoms with Gasteiger partial charge in [0.15, 0.2) is 0 Å². The molecule has 86 valence electrons. The molecule has 0 aliphatic carbocycles. The summed E-state index contributed by atoms with van der Waals surface area (Å²) in [6, 6.07) is 5.56. The van der Waals surface area contributed by atoms with Gasteiger partial charge in [0, 0.05) is 12.3 Å². The molecule has 0 aliphatic rings. The average molecular weight is 233 g/mol. The Labute approximate surface area is 94.3 Å². The van der Waals surface area contributed by atoms with Gasteiger partial charge in [-0.2, -0.15) is 0 Å². The maximum atomic E-state index is 11.9. The van der Waals surface area contributed by atoms with Crippen molar-refractivity contribution in [2.24, 2.45) is 0 Å². The van der Waals surface area contributed by atoms with Gasteiger partial charge in [-0.25, -0.2) is 4.79 Å². The molecular formula is C10H7N3O4. The van der Waals surface area contributed by atoms with E-state index < -0.39 is 16.4 Å². The van der Waals surface area contributed by atoms with Gasteiger partial charge in [-0.1, -0.05) is 12.1 Å². The highest BCUT2D eigenvalue weighted by Gasteiger charge is 2.21. The topological polar surface area (TPSA) is 109 Å². The molecule has 0 radical (unpaired) electrons. The van der Waals surface area contributed by atoms with Gasteiger partial charge >= 0.3 is 5.69 Å². The molecule has 7 nitrogen and oxygen atoms in total. The molecule has 1 aromatic heterocycles. The molecule has 1 aromatic carbocycles. The molecule has 2 aromatic rings. The standard InChI is InChI=1S/C10H7N3O4/c14-9(7-5-11-10(15)12-7)6-3-1-2-4-8(6)13(16)17/h1-5H,(H2,11,12,15). The summed E-state index contributed by atoms with van der Waals surface area (Å²) in [5.41, 5.74) is -0.900. The Kier molecular flexibility index (Phi) is 2.57. The summed E-state index contributed by atoms with van der Waals surface area (Å²) in [7, 11) is 0. The number of benzene rings is 1. The minimum atomic E-state index is -0.641. The number of nitro benzene ring substituents is 1. The summed E-state index contributed by atoms with van der Waals surface area (Å²) in [5.74, 6) is -0.601. The van der Waals surface area contributed by atoms with Crippen molar-refractivity contribution in [2.75, 3.05) is 0 Å². The van der Waals surface area contributed by atoms with E-state index in [1.165, 1.54) is 30.5 Å². The summed E-state index contributed by atoms with van der Waals surface area (Å²) >= 11 is 0. The first kappa shape index (κ1) is 10.8. The first-order valence-electron chi connectivity index (χ1n) is 4.65. The van der Waals surface area contributed by atoms with E-state index in [0.717, 1.165) is 0 Å². The normalized spacial score (nSPS) is 10.1. The number of nitrogens with one attached hydrogen (secondary N) is 2. The smallest absolute Gasteiger partial charge is 0.312 e. The second-order valence-electron chi connectivity index (χ2n) is 3.26. The lowest BCUT2D eigenvalue weighted by atomic mass is 10.1. The molecule has 0 saturated carbocycles. The summed E-state index contributed by atoms with van der Waals surface area (Å²) in [6.07, 6.45) is 1.18. The van der Waals surface area contributed by atoms with Gasteiger partial charge in [0.2, 0.25) is 5.78 Å². The highest BCUT2D eigenvalue weighted by atomic mass is 16.6. The van der Waals surface area contributed by atoms with Gasteiger partial charge in [0.1, 0.15) is 11.3 Å². The fourth-order valence-electron chi connectivity index (χ4n) is 1.42. The Bertz CT molecular complexity index is 641. The first-order valence-corrected chi connectivity index (χ1v) is 4.65. The molecule has 0 spiro atoms. The molecular weight excluding hydrogens is 226 g/mol. The third kappa shape index (κ3) is 1.98. The number of para-hydroxylation sites is 1. The minimum absolute atomic E-state index is 0.00991. The van der Waals surface area contributed by atoms with Crippen LogP contribution in [0.15, 0.2) is 35.3 Å². The summed E-state index contributed by atoms with van der Waals surface area (Å²) in [6.45, 7) is 0. The zero-order valence-corrected chi connectivity index (χ0v) is 8.47. The molecule has 1 heterocycles. The van der Waals surface area contributed by atoms with E-state index in [1.54, 1.807) is 0 Å². The van der Waals surface area contributed by atoms with Crippen LogP contribution < -0.4 is 5.69 Å². The third-order valence-electron chi connectivity index (χ3n) is 2.19. The van der Waals surface area contributed by atoms with Crippen LogP contribution in [0.25, 0.3) is 0 Å². The zero-order valence-electron chi connectivity index (χ0n) is 8.47. The van der Waals surface area contributed by atoms with Crippen LogP contribution in [0, 0.1) is 10.1 Å². The lowest BCUT2D eigenvalue weighted by Crippen LogP contribution is -2.08. The number of carbonyl (C=O) groups excluding carboxylic acids is 1. The van der Waals surface area contributed by atoms with Crippen LogP contribution in [0.3, 0.4) is 0 Å². The van der Waals surface area contributed by atoms with E-state index >= 15 is 0 Å². The molecule has 0 atom stereocenters. The van der Waals surface area contributed by atoms with Gasteiger partial charge in [0.25, 0.3) is 5.69 Å². The molecule has 2 N–H and O–H groups in total. The number of nitrogens with zero attached hydrogens (tertiary/aromatic N) is 1. The van der Waals surface area contributed by atoms with Crippen LogP contribution >= 0.6 is 0 Å². The number of hydrogen-bond donors (Lipinski definition) is 2. The molecule has 17 heavy (non-hydrogen) atoms. The Balaban J connectivity index is 2.51. The van der Waals surface area contributed by atoms with Gasteiger partial charge in [-0.05, 0) is 6.07 Å². The number of aromatic amines is 2. The summed E-state index contributed by atoms with van der Waals surface area (Å²) in [4.78, 5) is 37.4. The van der Waals surface area contributed by atoms with Crippen molar-refractivity contribution in [3.8, 4) is 0 Å². The average Bonchev–Trinajstić information content (AvgIpc) is 2.75. The number of ketones is 1. The molecule has 0 amide bonds. The number of carbonyl (C=O) groups is 1. The Hall–Kier alpha value is -2.70. The molecule has 0 fully saturated rings. The van der Waals surface area contributed by atoms with Crippen LogP contribution in [-0.2, 0) is 0 Å². The van der Waals surface area contributed by atoms with Crippen molar-refractivity contribution in [1.29, 1.82) is 0 Å². The SMILES string of the molecule is O=C(c1c[nH]c(=O)[nH]1)c1ccccc1[N+](=O)[O-]. The van der Waals surface area contributed by atoms with Gasteiger partial charge in [-0.15, -0.1) is 0 Å². The monoisotopic (exact) mass is 233 g/mol. The van der Waals surface area contributed by atoms with Crippen LogP contribution in [-0.4, -0.2) is 20.7 Å². The fourth-order valence-corrected chi connectivity index (χ4v) is 1.42. The van der Waals surface area contributed by atoms with Crippen molar-refractivity contribution in [3.05, 3.63) is 62.3 Å². The lowest BCUT2D eigenvalue weighted by molar-refractivity contribution is -0.385. The molecule has 7 heteroatoms. The number of H-pyrrole nitrogens is 2. The summed E-state index contributed by atoms with van der Waals surface area (Å²) in [5, 5.41) is 10.7. The van der Waals surface area contributed by atoms with E-state index in [2.05, 4.69) is 9.97 Å². The van der Waals surface area contributed by atoms with Gasteiger partial charge in [-0.3, -0.25) is 14.9 Å². The molecule has 0 aliphatic heterocycles. The number of imidazole rings is 1. The Morgan fingerprint density at radius 2 is 2.00 bits per heavy atom. The largest absolute Gasteiger partial charge is 0.323 e. The van der Waals surface area contributed by atoms with Crippen LogP contribution in [0.5, 0.6) is 0 Å². The molecule has 0 unspecified atom stereocenters. The first-order chi connectivity index (χ1) is 8.09. The summed E-state index contributed by atoms with van der Waals surface area (Å²) < 4.78 is 0. The number of aromatic nitrogens is 2. The molecule has 2 rings (SSSR count). The minimum Gasteiger partial charge on any atom is -0.312 e. The van der Waals surface area contributed by atoms with E-state index in [-0.39, 0.29) is 16.9 Å². The van der Waals surface area contributed by atoms with E-state index in [4.69, 9.17) is 0 Å². The maximum Gasteiger partial charge on any atom is 0.323 e. The lowest BCUT2D eigenvalue weighted by Gasteiger charge is -1.99. The second-order valence-corrected chi connectivity index (χ2v) is 3.26.